The topological polar surface area (TPSA) is 107 Å². The number of ether oxygens (including phenoxy) is 1. The molecule has 4 N–H and O–H groups in total. The number of hydrogen-bond donors (Lipinski definition) is 4. The van der Waals surface area contributed by atoms with Gasteiger partial charge in [-0.05, 0) is 0 Å². The van der Waals surface area contributed by atoms with E-state index in [0.717, 1.165) is 5.56 Å². The quantitative estimate of drug-likeness (QED) is 0.255. The van der Waals surface area contributed by atoms with E-state index in [1.807, 2.05) is 18.2 Å². The molecule has 1 aromatic carbocycles. The number of aliphatic hydroxyl groups is 4. The zero-order valence-electron chi connectivity index (χ0n) is 13.5. The Morgan fingerprint density at radius 3 is 1.81 bits per heavy atom. The van der Waals surface area contributed by atoms with Crippen molar-refractivity contribution < 1.29 is 229 Å². The van der Waals surface area contributed by atoms with Crippen LogP contribution in [0.3, 0.4) is 0 Å². The zero-order chi connectivity index (χ0) is 16.0. The number of carbonyl (C=O) groups excluding carboxylic acids is 1. The van der Waals surface area contributed by atoms with Crippen LogP contribution in [-0.2, 0) is 27.1 Å². The first-order valence-corrected chi connectivity index (χ1v) is 8.31. The van der Waals surface area contributed by atoms with Crippen LogP contribution >= 0.6 is 0 Å². The van der Waals surface area contributed by atoms with Crippen LogP contribution in [0.1, 0.15) is 10.4 Å². The Kier molecular flexibility index (Phi) is 40.4. The summed E-state index contributed by atoms with van der Waals surface area (Å²) in [5.41, 5.74) is 0.720. The second-order valence-electron chi connectivity index (χ2n) is 4.35. The third kappa shape index (κ3) is 16.2. The van der Waals surface area contributed by atoms with E-state index in [-0.39, 0.29) is 210 Å². The Morgan fingerprint density at radius 1 is 1.00 bits per heavy atom. The number of carbonyl (C=O) groups is 1. The van der Waals surface area contributed by atoms with Crippen molar-refractivity contribution in [3.63, 3.8) is 0 Å². The molecule has 2 rings (SSSR count). The molecule has 0 aromatic heterocycles. The van der Waals surface area contributed by atoms with Gasteiger partial charge in [0.05, 0.1) is 0 Å². The summed E-state index contributed by atoms with van der Waals surface area (Å²) in [5.74, 6) is 0. The molecule has 0 spiro atoms. The first-order valence-electron chi connectivity index (χ1n) is 6.11. The third-order valence-electron chi connectivity index (χ3n) is 2.86. The minimum atomic E-state index is -1.24. The summed E-state index contributed by atoms with van der Waals surface area (Å²) in [6.07, 6.45) is -4.36. The molecule has 1 heterocycles. The number of benzene rings is 1. The van der Waals surface area contributed by atoms with Crippen LogP contribution in [0, 0.1) is 176 Å². The summed E-state index contributed by atoms with van der Waals surface area (Å²) >= 11 is 3.92. The Balaban J connectivity index is -0.0000000971. The molecule has 1 aromatic rings. The Labute approximate surface area is 333 Å². The molecule has 26 heavy (non-hydrogen) atoms. The average Bonchev–Trinajstić information content (AvgIpc) is 2.50. The number of hydrogen-bond acceptors (Lipinski definition) is 6. The van der Waals surface area contributed by atoms with Crippen molar-refractivity contribution in [1.29, 1.82) is 0 Å². The van der Waals surface area contributed by atoms with Crippen LogP contribution in [0.2, 0.25) is 0 Å². The predicted molar refractivity (Wildman–Crippen MR) is 76.0 cm³/mol. The zero-order valence-corrected chi connectivity index (χ0v) is 38.7. The minimum absolute atomic E-state index is 0. The van der Waals surface area contributed by atoms with Gasteiger partial charge in [-0.25, -0.2) is 0 Å². The molecule has 0 saturated carbocycles. The van der Waals surface area contributed by atoms with Crippen molar-refractivity contribution >= 4 is 43.0 Å². The molecule has 0 bridgehead atoms. The van der Waals surface area contributed by atoms with Gasteiger partial charge in [-0.15, -0.1) is 0 Å². The molecule has 7 radical (unpaired) electrons. The van der Waals surface area contributed by atoms with Crippen LogP contribution in [0.25, 0.3) is 0 Å². The Morgan fingerprint density at radius 2 is 1.46 bits per heavy atom. The van der Waals surface area contributed by atoms with Crippen molar-refractivity contribution in [2.45, 2.75) is 28.6 Å². The molecule has 13 heteroatoms. The van der Waals surface area contributed by atoms with E-state index in [4.69, 9.17) is 9.84 Å². The second kappa shape index (κ2) is 24.6. The van der Waals surface area contributed by atoms with Crippen LogP contribution in [0.15, 0.2) is 30.3 Å². The largest absolute Gasteiger partial charge is 0 e. The molecular weight excluding hydrogens is 1560 g/mol. The van der Waals surface area contributed by atoms with Gasteiger partial charge in [-0.3, -0.25) is 0 Å². The smallest absolute Gasteiger partial charge is 0 e. The molecular formula is C13H16Ac4AuO6SeTe. The van der Waals surface area contributed by atoms with Gasteiger partial charge in [0, 0.05) is 199 Å². The summed E-state index contributed by atoms with van der Waals surface area (Å²) in [4.78, 5) is 10.6. The summed E-state index contributed by atoms with van der Waals surface area (Å²) in [6, 6.07) is 9.11. The number of aliphatic hydroxyl groups excluding tert-OH is 4. The summed E-state index contributed by atoms with van der Waals surface area (Å²) in [7, 11) is 0. The van der Waals surface area contributed by atoms with Gasteiger partial charge in [0.1, 0.15) is 0 Å². The Hall–Kier alpha value is 6.51. The predicted octanol–water partition coefficient (Wildman–Crippen LogP) is -2.05. The standard InChI is InChI=1S/C7H5OSe.C6H11O5Te.4Ac.Au/c8-7(9)6-4-2-1-3-5-6;7-1-2-3(8)4(9)5(10)6(12)11-2;;;;;/h1-5H;2-10H,1H2;;;;;. The van der Waals surface area contributed by atoms with Gasteiger partial charge in [-0.2, -0.15) is 0 Å². The van der Waals surface area contributed by atoms with Gasteiger partial charge < -0.3 is 0 Å². The third-order valence-corrected chi connectivity index (χ3v) is 4.47. The van der Waals surface area contributed by atoms with E-state index < -0.39 is 28.6 Å². The molecule has 5 atom stereocenters. The van der Waals surface area contributed by atoms with E-state index in [0.29, 0.717) is 0 Å². The van der Waals surface area contributed by atoms with Crippen LogP contribution < -0.4 is 0 Å². The van der Waals surface area contributed by atoms with Gasteiger partial charge >= 0.3 is 144 Å². The maximum Gasteiger partial charge on any atom is 0 e. The summed E-state index contributed by atoms with van der Waals surface area (Å²) < 4.78 is 4.46. The molecule has 1 saturated heterocycles. The van der Waals surface area contributed by atoms with Gasteiger partial charge in [-0.1, -0.05) is 0 Å². The second-order valence-corrected chi connectivity index (χ2v) is 6.45. The fraction of sp³-hybridized carbons (Fsp3) is 0.462. The first-order chi connectivity index (χ1) is 9.88. The first kappa shape index (κ1) is 42.6. The molecule has 1 aliphatic rings. The fourth-order valence-electron chi connectivity index (χ4n) is 1.64. The maximum atomic E-state index is 10.6. The van der Waals surface area contributed by atoms with Crippen molar-refractivity contribution in [3.05, 3.63) is 35.9 Å². The summed E-state index contributed by atoms with van der Waals surface area (Å²) in [5, 5.41) is 36.4. The Bertz CT molecular complexity index is 463. The normalized spacial score (nSPS) is 25.8. The van der Waals surface area contributed by atoms with E-state index in [1.54, 1.807) is 12.1 Å². The van der Waals surface area contributed by atoms with Gasteiger partial charge in [0.25, 0.3) is 0 Å². The van der Waals surface area contributed by atoms with Crippen molar-refractivity contribution in [3.8, 4) is 0 Å². The van der Waals surface area contributed by atoms with E-state index >= 15 is 0 Å². The van der Waals surface area contributed by atoms with E-state index in [9.17, 15) is 20.1 Å². The molecule has 0 amide bonds. The fourth-order valence-corrected chi connectivity index (χ4v) is 2.79. The van der Waals surface area contributed by atoms with Crippen LogP contribution in [-0.4, -0.2) is 98.6 Å². The monoisotopic (exact) mass is 1580 g/mol. The van der Waals surface area contributed by atoms with E-state index in [1.165, 1.54) is 22.3 Å². The molecule has 1 aliphatic heterocycles. The molecule has 0 aliphatic carbocycles. The van der Waals surface area contributed by atoms with Crippen molar-refractivity contribution in [2.75, 3.05) is 6.61 Å². The van der Waals surface area contributed by atoms with E-state index in [2.05, 4.69) is 16.0 Å². The molecule has 139 valence electrons. The molecule has 5 unspecified atom stereocenters. The average molecular weight is 1580 g/mol. The van der Waals surface area contributed by atoms with Crippen molar-refractivity contribution in [1.82, 2.24) is 0 Å². The molecule has 1 fully saturated rings. The van der Waals surface area contributed by atoms with Gasteiger partial charge in [0.15, 0.2) is 0 Å². The SMILES string of the molecule is O=C([Se])c1ccccc1.OCC1OC([Te])C(O)C(O)C1O.[Ac].[Ac].[Ac].[Ac].[Au]. The summed E-state index contributed by atoms with van der Waals surface area (Å²) in [6.45, 7) is -0.364. The van der Waals surface area contributed by atoms with Crippen LogP contribution in [0.4, 0.5) is 0 Å². The number of rotatable bonds is 2. The minimum Gasteiger partial charge on any atom is 0 e. The maximum absolute atomic E-state index is 10.6. The van der Waals surface area contributed by atoms with Crippen LogP contribution in [0.5, 0.6) is 0 Å². The van der Waals surface area contributed by atoms with Crippen molar-refractivity contribution in [2.24, 2.45) is 0 Å². The molecule has 6 nitrogen and oxygen atoms in total. The van der Waals surface area contributed by atoms with Gasteiger partial charge in [0.2, 0.25) is 0 Å².